The third-order valence-corrected chi connectivity index (χ3v) is 1.99. The Balaban J connectivity index is 0. The molecule has 0 fully saturated rings. The Morgan fingerprint density at radius 1 is 1.24 bits per heavy atom. The molecule has 0 saturated carbocycles. The van der Waals surface area contributed by atoms with E-state index in [4.69, 9.17) is 9.47 Å². The van der Waals surface area contributed by atoms with E-state index in [1.807, 2.05) is 0 Å². The van der Waals surface area contributed by atoms with E-state index in [0.29, 0.717) is 18.7 Å². The molecule has 0 aromatic rings. The van der Waals surface area contributed by atoms with E-state index >= 15 is 0 Å². The summed E-state index contributed by atoms with van der Waals surface area (Å²) in [6.07, 6.45) is -0.339. The molecule has 0 spiro atoms. The summed E-state index contributed by atoms with van der Waals surface area (Å²) in [5, 5.41) is 0. The van der Waals surface area contributed by atoms with Crippen LogP contribution in [0.15, 0.2) is 12.2 Å². The Morgan fingerprint density at radius 2 is 1.76 bits per heavy atom. The maximum absolute atomic E-state index is 11.5. The quantitative estimate of drug-likeness (QED) is 0.339. The standard InChI is InChI=1S/C11H20NO4.ClH/c1-6-15-11(14)12(4,5)7-8-16-10(13)9(2)3;/h2,6-8H2,1,3-5H3;1H/q+1;/p-1. The number of hydrogen-bond acceptors (Lipinski definition) is 4. The number of esters is 1. The Morgan fingerprint density at radius 3 is 2.18 bits per heavy atom. The fourth-order valence-electron chi connectivity index (χ4n) is 0.879. The Hall–Kier alpha value is -1.07. The van der Waals surface area contributed by atoms with Gasteiger partial charge < -0.3 is 21.9 Å². The molecule has 0 radical (unpaired) electrons. The van der Waals surface area contributed by atoms with Crippen LogP contribution in [0.2, 0.25) is 0 Å². The predicted molar refractivity (Wildman–Crippen MR) is 59.8 cm³/mol. The van der Waals surface area contributed by atoms with Gasteiger partial charge in [0.2, 0.25) is 0 Å². The average molecular weight is 266 g/mol. The van der Waals surface area contributed by atoms with Crippen molar-refractivity contribution >= 4 is 12.1 Å². The summed E-state index contributed by atoms with van der Waals surface area (Å²) in [5.41, 5.74) is 0.349. The van der Waals surface area contributed by atoms with E-state index in [9.17, 15) is 9.59 Å². The number of halogens is 1. The van der Waals surface area contributed by atoms with Crippen molar-refractivity contribution in [3.8, 4) is 0 Å². The number of ether oxygens (including phenoxy) is 2. The molecule has 1 amide bonds. The summed E-state index contributed by atoms with van der Waals surface area (Å²) in [6.45, 7) is 7.67. The third-order valence-electron chi connectivity index (χ3n) is 1.99. The molecular formula is C11H20ClNO4. The smallest absolute Gasteiger partial charge is 0.515 e. The van der Waals surface area contributed by atoms with Crippen molar-refractivity contribution in [2.24, 2.45) is 0 Å². The number of likely N-dealkylation sites (N-methyl/N-ethyl adjacent to an activating group) is 1. The Labute approximate surface area is 108 Å². The van der Waals surface area contributed by atoms with E-state index in [1.54, 1.807) is 27.9 Å². The zero-order valence-corrected chi connectivity index (χ0v) is 11.5. The summed E-state index contributed by atoms with van der Waals surface area (Å²) in [7, 11) is 3.40. The summed E-state index contributed by atoms with van der Waals surface area (Å²) >= 11 is 0. The van der Waals surface area contributed by atoms with Crippen LogP contribution in [0.5, 0.6) is 0 Å². The highest BCUT2D eigenvalue weighted by Gasteiger charge is 2.28. The van der Waals surface area contributed by atoms with E-state index < -0.39 is 5.97 Å². The topological polar surface area (TPSA) is 52.6 Å². The van der Waals surface area contributed by atoms with Crippen LogP contribution in [0.1, 0.15) is 13.8 Å². The van der Waals surface area contributed by atoms with Crippen LogP contribution < -0.4 is 12.4 Å². The lowest BCUT2D eigenvalue weighted by molar-refractivity contribution is -0.817. The SMILES string of the molecule is C=C(C)C(=O)OCC[N+](C)(C)C(=O)OCC.[Cl-]. The minimum Gasteiger partial charge on any atom is -1.00 e. The summed E-state index contributed by atoms with van der Waals surface area (Å²) in [5.74, 6) is -0.441. The lowest BCUT2D eigenvalue weighted by Crippen LogP contribution is -3.00. The van der Waals surface area contributed by atoms with Crippen LogP contribution in [-0.4, -0.2) is 50.4 Å². The van der Waals surface area contributed by atoms with Crippen LogP contribution >= 0.6 is 0 Å². The van der Waals surface area contributed by atoms with Gasteiger partial charge in [-0.2, -0.15) is 4.79 Å². The first kappa shape index (κ1) is 18.3. The van der Waals surface area contributed by atoms with Gasteiger partial charge in [0.25, 0.3) is 0 Å². The molecule has 0 N–H and O–H groups in total. The molecular weight excluding hydrogens is 246 g/mol. The molecule has 0 aliphatic rings. The van der Waals surface area contributed by atoms with Crippen molar-refractivity contribution in [1.29, 1.82) is 0 Å². The number of quaternary nitrogens is 1. The second-order valence-electron chi connectivity index (χ2n) is 4.02. The highest BCUT2D eigenvalue weighted by atomic mass is 35.5. The minimum absolute atomic E-state index is 0. The summed E-state index contributed by atoms with van der Waals surface area (Å²) in [6, 6.07) is 0. The van der Waals surface area contributed by atoms with E-state index in [1.165, 1.54) is 0 Å². The second kappa shape index (κ2) is 8.08. The van der Waals surface area contributed by atoms with Crippen molar-refractivity contribution < 1.29 is 36.0 Å². The van der Waals surface area contributed by atoms with Gasteiger partial charge in [-0.15, -0.1) is 0 Å². The molecule has 100 valence electrons. The molecule has 0 unspecified atom stereocenters. The number of nitrogens with zero attached hydrogens (tertiary/aromatic N) is 1. The third kappa shape index (κ3) is 6.97. The van der Waals surface area contributed by atoms with Crippen LogP contribution in [-0.2, 0) is 14.3 Å². The van der Waals surface area contributed by atoms with Gasteiger partial charge in [0.15, 0.2) is 0 Å². The van der Waals surface area contributed by atoms with E-state index in [0.717, 1.165) is 0 Å². The zero-order chi connectivity index (χ0) is 12.8. The molecule has 0 aliphatic heterocycles. The van der Waals surface area contributed by atoms with Crippen LogP contribution in [0.3, 0.4) is 0 Å². The monoisotopic (exact) mass is 265 g/mol. The first-order valence-electron chi connectivity index (χ1n) is 5.14. The van der Waals surface area contributed by atoms with Crippen molar-refractivity contribution in [1.82, 2.24) is 0 Å². The first-order chi connectivity index (χ1) is 7.31. The summed E-state index contributed by atoms with van der Waals surface area (Å²) in [4.78, 5) is 22.5. The zero-order valence-electron chi connectivity index (χ0n) is 10.8. The lowest BCUT2D eigenvalue weighted by Gasteiger charge is -2.24. The van der Waals surface area contributed by atoms with Gasteiger partial charge >= 0.3 is 12.1 Å². The van der Waals surface area contributed by atoms with Crippen molar-refractivity contribution in [3.63, 3.8) is 0 Å². The fourth-order valence-corrected chi connectivity index (χ4v) is 0.879. The molecule has 0 rings (SSSR count). The predicted octanol–water partition coefficient (Wildman–Crippen LogP) is -1.66. The van der Waals surface area contributed by atoms with Crippen molar-refractivity contribution in [2.45, 2.75) is 13.8 Å². The van der Waals surface area contributed by atoms with Gasteiger partial charge in [0.1, 0.15) is 13.2 Å². The highest BCUT2D eigenvalue weighted by molar-refractivity contribution is 5.86. The van der Waals surface area contributed by atoms with Gasteiger partial charge in [-0.05, 0) is 13.8 Å². The lowest BCUT2D eigenvalue weighted by atomic mass is 10.4. The van der Waals surface area contributed by atoms with Gasteiger partial charge in [-0.1, -0.05) is 6.58 Å². The Bertz CT molecular complexity index is 289. The minimum atomic E-state index is -0.441. The Kier molecular flexibility index (Phi) is 8.70. The molecule has 17 heavy (non-hydrogen) atoms. The molecule has 0 saturated heterocycles. The number of carbonyl (C=O) groups excluding carboxylic acids is 2. The molecule has 5 nitrogen and oxygen atoms in total. The number of carbonyl (C=O) groups is 2. The van der Waals surface area contributed by atoms with E-state index in [2.05, 4.69) is 6.58 Å². The number of amides is 1. The maximum atomic E-state index is 11.5. The molecule has 6 heteroatoms. The largest absolute Gasteiger partial charge is 1.00 e. The molecule has 0 aromatic carbocycles. The van der Waals surface area contributed by atoms with Gasteiger partial charge in [-0.25, -0.2) is 9.28 Å². The fraction of sp³-hybridized carbons (Fsp3) is 0.636. The highest BCUT2D eigenvalue weighted by Crippen LogP contribution is 2.02. The molecule has 0 atom stereocenters. The molecule has 0 aliphatic carbocycles. The van der Waals surface area contributed by atoms with Crippen LogP contribution in [0, 0.1) is 0 Å². The molecule has 0 bridgehead atoms. The van der Waals surface area contributed by atoms with Gasteiger partial charge in [0, 0.05) is 5.57 Å². The summed E-state index contributed by atoms with van der Waals surface area (Å²) < 4.78 is 9.82. The number of hydrogen-bond donors (Lipinski definition) is 0. The second-order valence-corrected chi connectivity index (χ2v) is 4.02. The van der Waals surface area contributed by atoms with Gasteiger partial charge in [0.05, 0.1) is 20.7 Å². The first-order valence-corrected chi connectivity index (χ1v) is 5.14. The van der Waals surface area contributed by atoms with Crippen LogP contribution in [0.25, 0.3) is 0 Å². The molecule has 0 heterocycles. The van der Waals surface area contributed by atoms with E-state index in [-0.39, 0.29) is 29.6 Å². The van der Waals surface area contributed by atoms with Crippen molar-refractivity contribution in [2.75, 3.05) is 33.9 Å². The maximum Gasteiger partial charge on any atom is 0.515 e. The normalized spacial score (nSPS) is 10.1. The molecule has 0 aromatic heterocycles. The van der Waals surface area contributed by atoms with Gasteiger partial charge in [-0.3, -0.25) is 0 Å². The van der Waals surface area contributed by atoms with Crippen LogP contribution in [0.4, 0.5) is 4.79 Å². The number of rotatable bonds is 5. The van der Waals surface area contributed by atoms with Crippen molar-refractivity contribution in [3.05, 3.63) is 12.2 Å². The average Bonchev–Trinajstić information content (AvgIpc) is 2.17.